The lowest BCUT2D eigenvalue weighted by atomic mass is 10.1. The first-order valence-electron chi connectivity index (χ1n) is 6.63. The second-order valence-electron chi connectivity index (χ2n) is 4.97. The molecule has 1 aliphatic heterocycles. The van der Waals surface area contributed by atoms with Gasteiger partial charge >= 0.3 is 5.22 Å². The molecule has 1 aromatic carbocycles. The van der Waals surface area contributed by atoms with Crippen molar-refractivity contribution in [3.63, 3.8) is 0 Å². The molecule has 0 bridgehead atoms. The van der Waals surface area contributed by atoms with Crippen molar-refractivity contribution >= 4 is 21.1 Å². The van der Waals surface area contributed by atoms with Crippen LogP contribution in [0.1, 0.15) is 12.8 Å². The van der Waals surface area contributed by atoms with Gasteiger partial charge in [0.05, 0.1) is 0 Å². The summed E-state index contributed by atoms with van der Waals surface area (Å²) in [6, 6.07) is 6.99. The molecular formula is C13H17N3O3S. The van der Waals surface area contributed by atoms with Crippen LogP contribution in [0.5, 0.6) is 0 Å². The number of sulfonamides is 1. The fourth-order valence-electron chi connectivity index (χ4n) is 2.42. The van der Waals surface area contributed by atoms with Gasteiger partial charge in [0.25, 0.3) is 10.0 Å². The number of aromatic nitrogens is 1. The average molecular weight is 295 g/mol. The van der Waals surface area contributed by atoms with Crippen molar-refractivity contribution < 1.29 is 12.8 Å². The van der Waals surface area contributed by atoms with Gasteiger partial charge in [-0.1, -0.05) is 12.1 Å². The van der Waals surface area contributed by atoms with Crippen LogP contribution in [0.15, 0.2) is 33.9 Å². The third kappa shape index (κ3) is 2.32. The van der Waals surface area contributed by atoms with E-state index in [-0.39, 0.29) is 11.3 Å². The summed E-state index contributed by atoms with van der Waals surface area (Å²) in [4.78, 5) is 4.08. The molecule has 1 aliphatic rings. The maximum atomic E-state index is 12.5. The van der Waals surface area contributed by atoms with Crippen LogP contribution in [0.3, 0.4) is 0 Å². The molecule has 2 heterocycles. The van der Waals surface area contributed by atoms with E-state index in [9.17, 15) is 8.42 Å². The van der Waals surface area contributed by atoms with Gasteiger partial charge in [-0.15, -0.1) is 0 Å². The number of hydrogen-bond acceptors (Lipinski definition) is 5. The number of benzene rings is 1. The first kappa shape index (κ1) is 13.5. The fourth-order valence-corrected chi connectivity index (χ4v) is 3.65. The molecule has 0 aliphatic carbocycles. The van der Waals surface area contributed by atoms with E-state index in [4.69, 9.17) is 4.42 Å². The van der Waals surface area contributed by atoms with E-state index in [1.165, 1.54) is 4.31 Å². The number of likely N-dealkylation sites (N-methyl/N-ethyl adjacent to an activating group) is 1. The Labute approximate surface area is 117 Å². The van der Waals surface area contributed by atoms with Crippen LogP contribution in [0.4, 0.5) is 0 Å². The van der Waals surface area contributed by atoms with Gasteiger partial charge in [-0.25, -0.2) is 8.42 Å². The van der Waals surface area contributed by atoms with E-state index >= 15 is 0 Å². The maximum Gasteiger partial charge on any atom is 0.332 e. The molecule has 1 saturated heterocycles. The lowest BCUT2D eigenvalue weighted by Crippen LogP contribution is -2.46. The monoisotopic (exact) mass is 295 g/mol. The van der Waals surface area contributed by atoms with E-state index in [2.05, 4.69) is 10.3 Å². The number of hydrogen-bond donors (Lipinski definition) is 1. The van der Waals surface area contributed by atoms with E-state index < -0.39 is 10.0 Å². The van der Waals surface area contributed by atoms with Gasteiger partial charge in [-0.05, 0) is 31.5 Å². The molecular weight excluding hydrogens is 278 g/mol. The molecule has 2 aromatic rings. The molecule has 1 N–H and O–H groups in total. The summed E-state index contributed by atoms with van der Waals surface area (Å²) in [7, 11) is -2.10. The third-order valence-corrected chi connectivity index (χ3v) is 5.33. The van der Waals surface area contributed by atoms with Gasteiger partial charge in [-0.2, -0.15) is 9.29 Å². The number of nitrogens with zero attached hydrogens (tertiary/aromatic N) is 2. The summed E-state index contributed by atoms with van der Waals surface area (Å²) in [6.45, 7) is 1.60. The number of nitrogens with one attached hydrogen (secondary N) is 1. The molecule has 108 valence electrons. The Bertz CT molecular complexity index is 671. The molecule has 7 heteroatoms. The summed E-state index contributed by atoms with van der Waals surface area (Å²) in [5.74, 6) is 0. The standard InChI is InChI=1S/C13H17N3O3S/c1-16(10-5-4-8-14-9-10)20(17,18)13-15-11-6-2-3-7-12(11)19-13/h2-3,6-7,10,14H,4-5,8-9H2,1H3. The van der Waals surface area contributed by atoms with Crippen LogP contribution in [-0.4, -0.2) is 43.9 Å². The molecule has 1 fully saturated rings. The minimum absolute atomic E-state index is 0.0521. The Morgan fingerprint density at radius 3 is 2.90 bits per heavy atom. The molecule has 0 spiro atoms. The zero-order chi connectivity index (χ0) is 14.2. The van der Waals surface area contributed by atoms with Crippen molar-refractivity contribution in [2.75, 3.05) is 20.1 Å². The Balaban J connectivity index is 1.93. The van der Waals surface area contributed by atoms with E-state index in [0.29, 0.717) is 17.6 Å². The SMILES string of the molecule is CN(C1CCCNC1)S(=O)(=O)c1nc2ccccc2o1. The van der Waals surface area contributed by atoms with Gasteiger partial charge in [0.1, 0.15) is 5.52 Å². The van der Waals surface area contributed by atoms with Crippen LogP contribution < -0.4 is 5.32 Å². The zero-order valence-corrected chi connectivity index (χ0v) is 12.1. The lowest BCUT2D eigenvalue weighted by Gasteiger charge is -2.29. The largest absolute Gasteiger partial charge is 0.427 e. The summed E-state index contributed by atoms with van der Waals surface area (Å²) >= 11 is 0. The number of para-hydroxylation sites is 2. The van der Waals surface area contributed by atoms with Gasteiger partial charge in [0.15, 0.2) is 5.58 Å². The van der Waals surface area contributed by atoms with Crippen molar-refractivity contribution in [1.82, 2.24) is 14.6 Å². The van der Waals surface area contributed by atoms with Crippen molar-refractivity contribution in [2.24, 2.45) is 0 Å². The smallest absolute Gasteiger partial charge is 0.332 e. The quantitative estimate of drug-likeness (QED) is 0.921. The van der Waals surface area contributed by atoms with Gasteiger partial charge in [-0.3, -0.25) is 0 Å². The number of fused-ring (bicyclic) bond motifs is 1. The van der Waals surface area contributed by atoms with Crippen molar-refractivity contribution in [3.8, 4) is 0 Å². The van der Waals surface area contributed by atoms with E-state index in [1.807, 2.05) is 0 Å². The normalized spacial score (nSPS) is 20.6. The van der Waals surface area contributed by atoms with Gasteiger partial charge < -0.3 is 9.73 Å². The van der Waals surface area contributed by atoms with Crippen molar-refractivity contribution in [1.29, 1.82) is 0 Å². The summed E-state index contributed by atoms with van der Waals surface area (Å²) < 4.78 is 31.8. The highest BCUT2D eigenvalue weighted by Crippen LogP contribution is 2.23. The van der Waals surface area contributed by atoms with Crippen LogP contribution in [0.2, 0.25) is 0 Å². The Morgan fingerprint density at radius 1 is 1.40 bits per heavy atom. The summed E-state index contributed by atoms with van der Waals surface area (Å²) in [6.07, 6.45) is 1.82. The minimum atomic E-state index is -3.68. The fraction of sp³-hybridized carbons (Fsp3) is 0.462. The second-order valence-corrected chi connectivity index (χ2v) is 6.84. The highest BCUT2D eigenvalue weighted by Gasteiger charge is 2.32. The topological polar surface area (TPSA) is 75.4 Å². The van der Waals surface area contributed by atoms with Gasteiger partial charge in [0, 0.05) is 19.6 Å². The molecule has 1 atom stereocenters. The zero-order valence-electron chi connectivity index (χ0n) is 11.2. The molecule has 0 saturated carbocycles. The average Bonchev–Trinajstić information content (AvgIpc) is 2.92. The van der Waals surface area contributed by atoms with Crippen LogP contribution in [0.25, 0.3) is 11.1 Å². The Hall–Kier alpha value is -1.44. The lowest BCUT2D eigenvalue weighted by molar-refractivity contribution is 0.291. The minimum Gasteiger partial charge on any atom is -0.427 e. The van der Waals surface area contributed by atoms with Crippen molar-refractivity contribution in [3.05, 3.63) is 24.3 Å². The highest BCUT2D eigenvalue weighted by molar-refractivity contribution is 7.88. The first-order valence-corrected chi connectivity index (χ1v) is 8.07. The van der Waals surface area contributed by atoms with Crippen LogP contribution in [-0.2, 0) is 10.0 Å². The molecule has 0 radical (unpaired) electrons. The number of oxazole rings is 1. The Kier molecular flexibility index (Phi) is 3.49. The van der Waals surface area contributed by atoms with Gasteiger partial charge in [0.2, 0.25) is 0 Å². The van der Waals surface area contributed by atoms with Crippen molar-refractivity contribution in [2.45, 2.75) is 24.1 Å². The van der Waals surface area contributed by atoms with Crippen LogP contribution >= 0.6 is 0 Å². The second kappa shape index (κ2) is 5.16. The molecule has 20 heavy (non-hydrogen) atoms. The van der Waals surface area contributed by atoms with E-state index in [0.717, 1.165) is 19.4 Å². The number of piperidine rings is 1. The third-order valence-electron chi connectivity index (χ3n) is 3.66. The maximum absolute atomic E-state index is 12.5. The predicted octanol–water partition coefficient (Wildman–Crippen LogP) is 1.20. The molecule has 3 rings (SSSR count). The molecule has 1 aromatic heterocycles. The molecule has 1 unspecified atom stereocenters. The molecule has 0 amide bonds. The van der Waals surface area contributed by atoms with E-state index in [1.54, 1.807) is 31.3 Å². The first-order chi connectivity index (χ1) is 9.59. The predicted molar refractivity (Wildman–Crippen MR) is 74.8 cm³/mol. The Morgan fingerprint density at radius 2 is 2.20 bits per heavy atom. The summed E-state index contributed by atoms with van der Waals surface area (Å²) in [5.41, 5.74) is 1.04. The number of rotatable bonds is 3. The summed E-state index contributed by atoms with van der Waals surface area (Å²) in [5, 5.41) is 2.98. The highest BCUT2D eigenvalue weighted by atomic mass is 32.2. The van der Waals surface area contributed by atoms with Crippen LogP contribution in [0, 0.1) is 0 Å². The molecule has 6 nitrogen and oxygen atoms in total.